The lowest BCUT2D eigenvalue weighted by atomic mass is 9.95. The molecule has 4 heteroatoms. The number of amides is 1. The standard InChI is InChI=1S/C16H22N2O2/c1-11-8-18(9-12(2)17-11)16(19)14-7-13-5-3-4-6-15(13)20-10-14/h3-6,11-12,14,17H,7-10H2,1-2H3. The average molecular weight is 274 g/mol. The lowest BCUT2D eigenvalue weighted by molar-refractivity contribution is -0.138. The van der Waals surface area contributed by atoms with E-state index in [0.29, 0.717) is 18.7 Å². The van der Waals surface area contributed by atoms with Gasteiger partial charge in [0, 0.05) is 25.2 Å². The second-order valence-corrected chi connectivity index (χ2v) is 6.03. The Bertz CT molecular complexity index is 493. The molecule has 3 rings (SSSR count). The Morgan fingerprint density at radius 3 is 2.70 bits per heavy atom. The third-order valence-corrected chi connectivity index (χ3v) is 4.10. The van der Waals surface area contributed by atoms with Gasteiger partial charge >= 0.3 is 0 Å². The zero-order valence-corrected chi connectivity index (χ0v) is 12.1. The summed E-state index contributed by atoms with van der Waals surface area (Å²) in [4.78, 5) is 14.7. The molecule has 1 aromatic rings. The summed E-state index contributed by atoms with van der Waals surface area (Å²) in [7, 11) is 0. The van der Waals surface area contributed by atoms with Crippen molar-refractivity contribution in [3.05, 3.63) is 29.8 Å². The van der Waals surface area contributed by atoms with E-state index in [0.717, 1.165) is 30.8 Å². The van der Waals surface area contributed by atoms with Crippen LogP contribution >= 0.6 is 0 Å². The highest BCUT2D eigenvalue weighted by molar-refractivity contribution is 5.80. The number of carbonyl (C=O) groups is 1. The number of fused-ring (bicyclic) bond motifs is 1. The van der Waals surface area contributed by atoms with E-state index in [-0.39, 0.29) is 11.8 Å². The minimum absolute atomic E-state index is 0.0394. The van der Waals surface area contributed by atoms with E-state index in [1.807, 2.05) is 23.1 Å². The summed E-state index contributed by atoms with van der Waals surface area (Å²) in [6, 6.07) is 8.73. The fourth-order valence-corrected chi connectivity index (χ4v) is 3.25. The molecule has 3 atom stereocenters. The van der Waals surface area contributed by atoms with Crippen molar-refractivity contribution in [2.75, 3.05) is 19.7 Å². The molecule has 0 bridgehead atoms. The normalized spacial score (nSPS) is 29.5. The van der Waals surface area contributed by atoms with Gasteiger partial charge in [-0.05, 0) is 31.9 Å². The van der Waals surface area contributed by atoms with Crippen LogP contribution in [-0.2, 0) is 11.2 Å². The number of carbonyl (C=O) groups excluding carboxylic acids is 1. The second kappa shape index (κ2) is 5.44. The van der Waals surface area contributed by atoms with Crippen molar-refractivity contribution in [3.8, 4) is 5.75 Å². The number of nitrogens with zero attached hydrogens (tertiary/aromatic N) is 1. The van der Waals surface area contributed by atoms with Crippen LogP contribution in [-0.4, -0.2) is 42.6 Å². The zero-order chi connectivity index (χ0) is 14.1. The van der Waals surface area contributed by atoms with Gasteiger partial charge in [0.05, 0.1) is 5.92 Å². The Balaban J connectivity index is 1.69. The summed E-state index contributed by atoms with van der Waals surface area (Å²) >= 11 is 0. The quantitative estimate of drug-likeness (QED) is 0.842. The van der Waals surface area contributed by atoms with Crippen molar-refractivity contribution in [1.82, 2.24) is 10.2 Å². The SMILES string of the molecule is CC1CN(C(=O)C2COc3ccccc3C2)CC(C)N1. The molecule has 2 aliphatic heterocycles. The Morgan fingerprint density at radius 1 is 1.25 bits per heavy atom. The summed E-state index contributed by atoms with van der Waals surface area (Å²) in [6.45, 7) is 6.34. The maximum atomic E-state index is 12.7. The minimum Gasteiger partial charge on any atom is -0.492 e. The number of benzene rings is 1. The summed E-state index contributed by atoms with van der Waals surface area (Å²) < 4.78 is 5.74. The number of para-hydroxylation sites is 1. The number of nitrogens with one attached hydrogen (secondary N) is 1. The van der Waals surface area contributed by atoms with E-state index >= 15 is 0 Å². The molecule has 0 saturated carbocycles. The molecule has 0 radical (unpaired) electrons. The van der Waals surface area contributed by atoms with Crippen LogP contribution in [0.25, 0.3) is 0 Å². The molecular formula is C16H22N2O2. The van der Waals surface area contributed by atoms with E-state index in [1.165, 1.54) is 0 Å². The van der Waals surface area contributed by atoms with Crippen molar-refractivity contribution >= 4 is 5.91 Å². The molecule has 0 aliphatic carbocycles. The molecule has 108 valence electrons. The molecule has 20 heavy (non-hydrogen) atoms. The van der Waals surface area contributed by atoms with Crippen molar-refractivity contribution in [1.29, 1.82) is 0 Å². The van der Waals surface area contributed by atoms with Crippen LogP contribution in [0.5, 0.6) is 5.75 Å². The predicted molar refractivity (Wildman–Crippen MR) is 77.8 cm³/mol. The maximum Gasteiger partial charge on any atom is 0.229 e. The van der Waals surface area contributed by atoms with Crippen LogP contribution < -0.4 is 10.1 Å². The van der Waals surface area contributed by atoms with E-state index in [1.54, 1.807) is 0 Å². The molecule has 1 fully saturated rings. The lowest BCUT2D eigenvalue weighted by Gasteiger charge is -2.38. The average Bonchev–Trinajstić information content (AvgIpc) is 2.45. The molecule has 2 aliphatic rings. The monoisotopic (exact) mass is 274 g/mol. The smallest absolute Gasteiger partial charge is 0.229 e. The predicted octanol–water partition coefficient (Wildman–Crippen LogP) is 1.45. The topological polar surface area (TPSA) is 41.6 Å². The first kappa shape index (κ1) is 13.4. The number of hydrogen-bond donors (Lipinski definition) is 1. The van der Waals surface area contributed by atoms with Gasteiger partial charge < -0.3 is 15.0 Å². The van der Waals surface area contributed by atoms with Gasteiger partial charge in [0.15, 0.2) is 0 Å². The van der Waals surface area contributed by atoms with Gasteiger partial charge in [-0.15, -0.1) is 0 Å². The van der Waals surface area contributed by atoms with Gasteiger partial charge in [0.25, 0.3) is 0 Å². The molecule has 1 aromatic carbocycles. The third-order valence-electron chi connectivity index (χ3n) is 4.10. The van der Waals surface area contributed by atoms with Crippen molar-refractivity contribution < 1.29 is 9.53 Å². The Morgan fingerprint density at radius 2 is 1.95 bits per heavy atom. The van der Waals surface area contributed by atoms with Crippen LogP contribution in [0.3, 0.4) is 0 Å². The first-order valence-corrected chi connectivity index (χ1v) is 7.39. The fourth-order valence-electron chi connectivity index (χ4n) is 3.25. The number of hydrogen-bond acceptors (Lipinski definition) is 3. The summed E-state index contributed by atoms with van der Waals surface area (Å²) in [5.74, 6) is 1.13. The maximum absolute atomic E-state index is 12.7. The van der Waals surface area contributed by atoms with Crippen molar-refractivity contribution in [2.24, 2.45) is 5.92 Å². The van der Waals surface area contributed by atoms with Crippen LogP contribution in [0.1, 0.15) is 19.4 Å². The minimum atomic E-state index is -0.0394. The lowest BCUT2D eigenvalue weighted by Crippen LogP contribution is -2.57. The van der Waals surface area contributed by atoms with Gasteiger partial charge in [-0.3, -0.25) is 4.79 Å². The van der Waals surface area contributed by atoms with Crippen LogP contribution in [0.15, 0.2) is 24.3 Å². The van der Waals surface area contributed by atoms with E-state index in [9.17, 15) is 4.79 Å². The third kappa shape index (κ3) is 2.66. The molecule has 3 unspecified atom stereocenters. The fraction of sp³-hybridized carbons (Fsp3) is 0.562. The van der Waals surface area contributed by atoms with Crippen LogP contribution in [0.4, 0.5) is 0 Å². The first-order chi connectivity index (χ1) is 9.63. The van der Waals surface area contributed by atoms with Crippen LogP contribution in [0.2, 0.25) is 0 Å². The largest absolute Gasteiger partial charge is 0.492 e. The molecule has 0 spiro atoms. The Kier molecular flexibility index (Phi) is 3.66. The Hall–Kier alpha value is -1.55. The zero-order valence-electron chi connectivity index (χ0n) is 12.1. The van der Waals surface area contributed by atoms with E-state index < -0.39 is 0 Å². The van der Waals surface area contributed by atoms with Crippen molar-refractivity contribution in [2.45, 2.75) is 32.4 Å². The van der Waals surface area contributed by atoms with E-state index in [4.69, 9.17) is 4.74 Å². The highest BCUT2D eigenvalue weighted by Gasteiger charge is 2.32. The Labute approximate surface area is 120 Å². The second-order valence-electron chi connectivity index (χ2n) is 6.03. The van der Waals surface area contributed by atoms with Crippen LogP contribution in [0, 0.1) is 5.92 Å². The van der Waals surface area contributed by atoms with Gasteiger partial charge in [-0.2, -0.15) is 0 Å². The summed E-state index contributed by atoms with van der Waals surface area (Å²) in [5, 5.41) is 3.46. The number of piperazine rings is 1. The highest BCUT2D eigenvalue weighted by atomic mass is 16.5. The van der Waals surface area contributed by atoms with Gasteiger partial charge in [-0.1, -0.05) is 18.2 Å². The molecule has 1 saturated heterocycles. The summed E-state index contributed by atoms with van der Waals surface area (Å²) in [5.41, 5.74) is 1.15. The van der Waals surface area contributed by atoms with E-state index in [2.05, 4.69) is 25.2 Å². The van der Waals surface area contributed by atoms with Crippen molar-refractivity contribution in [3.63, 3.8) is 0 Å². The number of ether oxygens (including phenoxy) is 1. The molecule has 2 heterocycles. The highest BCUT2D eigenvalue weighted by Crippen LogP contribution is 2.28. The molecule has 1 amide bonds. The summed E-state index contributed by atoms with van der Waals surface area (Å²) in [6.07, 6.45) is 0.793. The van der Waals surface area contributed by atoms with Gasteiger partial charge in [-0.25, -0.2) is 0 Å². The molecule has 4 nitrogen and oxygen atoms in total. The molecular weight excluding hydrogens is 252 g/mol. The first-order valence-electron chi connectivity index (χ1n) is 7.39. The molecule has 1 N–H and O–H groups in total. The van der Waals surface area contributed by atoms with Gasteiger partial charge in [0.2, 0.25) is 5.91 Å². The molecule has 0 aromatic heterocycles. The van der Waals surface area contributed by atoms with Gasteiger partial charge in [0.1, 0.15) is 12.4 Å². The number of rotatable bonds is 1.